The molecule has 0 aromatic carbocycles. The first-order valence-electron chi connectivity index (χ1n) is 7.64. The largest absolute Gasteiger partial charge is 0.433 e. The Morgan fingerprint density at radius 2 is 2.12 bits per heavy atom. The first-order chi connectivity index (χ1) is 11.3. The van der Waals surface area contributed by atoms with Crippen LogP contribution in [-0.2, 0) is 13.2 Å². The molecule has 1 saturated carbocycles. The monoisotopic (exact) mass is 341 g/mol. The minimum absolute atomic E-state index is 0.0805. The molecule has 0 amide bonds. The molecule has 9 heteroatoms. The molecule has 2 N–H and O–H groups in total. The average molecular weight is 341 g/mol. The highest BCUT2D eigenvalue weighted by Gasteiger charge is 2.36. The summed E-state index contributed by atoms with van der Waals surface area (Å²) in [6, 6.07) is 3.72. The number of nitrogens with zero attached hydrogens (tertiary/aromatic N) is 4. The van der Waals surface area contributed by atoms with Crippen molar-refractivity contribution in [3.8, 4) is 0 Å². The van der Waals surface area contributed by atoms with Gasteiger partial charge < -0.3 is 15.0 Å². The van der Waals surface area contributed by atoms with E-state index in [1.165, 1.54) is 12.1 Å². The number of aryl methyl sites for hydroxylation is 1. The van der Waals surface area contributed by atoms with E-state index >= 15 is 0 Å². The van der Waals surface area contributed by atoms with Gasteiger partial charge in [0.1, 0.15) is 23.7 Å². The van der Waals surface area contributed by atoms with Crippen molar-refractivity contribution >= 4 is 5.82 Å². The Hall–Kier alpha value is -2.16. The quantitative estimate of drug-likeness (QED) is 0.892. The van der Waals surface area contributed by atoms with E-state index in [1.54, 1.807) is 6.33 Å². The predicted molar refractivity (Wildman–Crippen MR) is 80.2 cm³/mol. The average Bonchev–Trinajstić information content (AvgIpc) is 3.10. The molecule has 24 heavy (non-hydrogen) atoms. The second-order valence-corrected chi connectivity index (χ2v) is 6.08. The number of aliphatic hydroxyl groups excluding tert-OH is 1. The number of hydrogen-bond acceptors (Lipinski definition) is 5. The fourth-order valence-electron chi connectivity index (χ4n) is 3.12. The molecule has 130 valence electrons. The molecule has 0 radical (unpaired) electrons. The van der Waals surface area contributed by atoms with Gasteiger partial charge in [0.05, 0.1) is 6.10 Å². The summed E-state index contributed by atoms with van der Waals surface area (Å²) >= 11 is 0. The molecule has 1 fully saturated rings. The highest BCUT2D eigenvalue weighted by atomic mass is 19.4. The van der Waals surface area contributed by atoms with Crippen LogP contribution in [0.25, 0.3) is 0 Å². The summed E-state index contributed by atoms with van der Waals surface area (Å²) in [4.78, 5) is 3.57. The third-order valence-electron chi connectivity index (χ3n) is 4.35. The van der Waals surface area contributed by atoms with Gasteiger partial charge in [-0.1, -0.05) is 6.07 Å². The molecule has 1 aliphatic rings. The molecule has 0 bridgehead atoms. The lowest BCUT2D eigenvalue weighted by Gasteiger charge is -2.16. The van der Waals surface area contributed by atoms with Gasteiger partial charge in [-0.05, 0) is 25.0 Å². The van der Waals surface area contributed by atoms with Crippen molar-refractivity contribution in [3.63, 3.8) is 0 Å². The van der Waals surface area contributed by atoms with E-state index in [0.717, 1.165) is 11.9 Å². The topological polar surface area (TPSA) is 75.9 Å². The van der Waals surface area contributed by atoms with Gasteiger partial charge in [-0.15, -0.1) is 10.2 Å². The van der Waals surface area contributed by atoms with Crippen LogP contribution in [0.5, 0.6) is 0 Å². The van der Waals surface area contributed by atoms with Crippen LogP contribution in [0.1, 0.15) is 30.3 Å². The fraction of sp³-hybridized carbons (Fsp3) is 0.533. The Bertz CT molecular complexity index is 702. The molecule has 2 aromatic heterocycles. The van der Waals surface area contributed by atoms with Gasteiger partial charge in [0.25, 0.3) is 0 Å². The SMILES string of the molecule is Cn1cnnc1[C@H]1C[C@H](CNc2cccc(C(F)(F)F)n2)[C@H](O)C1. The van der Waals surface area contributed by atoms with Gasteiger partial charge >= 0.3 is 6.18 Å². The van der Waals surface area contributed by atoms with Gasteiger partial charge in [0, 0.05) is 25.4 Å². The molecule has 6 nitrogen and oxygen atoms in total. The Morgan fingerprint density at radius 3 is 2.79 bits per heavy atom. The second-order valence-electron chi connectivity index (χ2n) is 6.08. The molecule has 3 atom stereocenters. The van der Waals surface area contributed by atoms with Crippen LogP contribution >= 0.6 is 0 Å². The van der Waals surface area contributed by atoms with E-state index in [2.05, 4.69) is 20.5 Å². The molecule has 2 heterocycles. The van der Waals surface area contributed by atoms with E-state index in [9.17, 15) is 18.3 Å². The van der Waals surface area contributed by atoms with E-state index in [1.807, 2.05) is 11.6 Å². The number of nitrogens with one attached hydrogen (secondary N) is 1. The number of aliphatic hydroxyl groups is 1. The predicted octanol–water partition coefficient (Wildman–Crippen LogP) is 2.20. The van der Waals surface area contributed by atoms with Crippen LogP contribution in [-0.4, -0.2) is 37.5 Å². The highest BCUT2D eigenvalue weighted by Crippen LogP contribution is 2.37. The van der Waals surface area contributed by atoms with E-state index in [-0.39, 0.29) is 17.7 Å². The van der Waals surface area contributed by atoms with Gasteiger partial charge in [-0.3, -0.25) is 0 Å². The number of pyridine rings is 1. The first-order valence-corrected chi connectivity index (χ1v) is 7.64. The second kappa shape index (κ2) is 6.39. The third kappa shape index (κ3) is 3.50. The van der Waals surface area contributed by atoms with Crippen LogP contribution in [0.4, 0.5) is 19.0 Å². The zero-order valence-electron chi connectivity index (χ0n) is 13.0. The van der Waals surface area contributed by atoms with Crippen molar-refractivity contribution in [1.29, 1.82) is 0 Å². The summed E-state index contributed by atoms with van der Waals surface area (Å²) < 4.78 is 39.8. The Labute approximate surface area is 136 Å². The molecule has 1 aliphatic carbocycles. The summed E-state index contributed by atoms with van der Waals surface area (Å²) in [5.74, 6) is 0.977. The molecule has 3 rings (SSSR count). The number of rotatable bonds is 4. The maximum atomic E-state index is 12.7. The van der Waals surface area contributed by atoms with Crippen LogP contribution in [0.15, 0.2) is 24.5 Å². The lowest BCUT2D eigenvalue weighted by atomic mass is 10.0. The zero-order chi connectivity index (χ0) is 17.3. The summed E-state index contributed by atoms with van der Waals surface area (Å²) in [5, 5.41) is 21.0. The minimum Gasteiger partial charge on any atom is -0.393 e. The molecular formula is C15H18F3N5O. The van der Waals surface area contributed by atoms with Crippen LogP contribution in [0.3, 0.4) is 0 Å². The van der Waals surface area contributed by atoms with Crippen molar-refractivity contribution in [1.82, 2.24) is 19.7 Å². The highest BCUT2D eigenvalue weighted by molar-refractivity contribution is 5.36. The smallest absolute Gasteiger partial charge is 0.393 e. The van der Waals surface area contributed by atoms with E-state index in [0.29, 0.717) is 19.4 Å². The first kappa shape index (κ1) is 16.7. The summed E-state index contributed by atoms with van der Waals surface area (Å²) in [6.45, 7) is 0.351. The number of anilines is 1. The fourth-order valence-corrected chi connectivity index (χ4v) is 3.12. The minimum atomic E-state index is -4.47. The van der Waals surface area contributed by atoms with Crippen LogP contribution in [0, 0.1) is 5.92 Å². The Balaban J connectivity index is 1.62. The maximum Gasteiger partial charge on any atom is 0.433 e. The van der Waals surface area contributed by atoms with Crippen molar-refractivity contribution in [3.05, 3.63) is 36.0 Å². The summed E-state index contributed by atoms with van der Waals surface area (Å²) in [5.41, 5.74) is -0.934. The standard InChI is InChI=1S/C15H18F3N5O/c1-23-8-20-22-14(23)9-5-10(11(24)6-9)7-19-13-4-2-3-12(21-13)15(16,17)18/h2-4,8-11,24H,5-7H2,1H3,(H,19,21)/t9-,10+,11+/m0/s1. The zero-order valence-corrected chi connectivity index (χ0v) is 13.0. The van der Waals surface area contributed by atoms with Crippen molar-refractivity contribution < 1.29 is 18.3 Å². The van der Waals surface area contributed by atoms with E-state index in [4.69, 9.17) is 0 Å². The lowest BCUT2D eigenvalue weighted by Crippen LogP contribution is -2.22. The van der Waals surface area contributed by atoms with Gasteiger partial charge in [-0.2, -0.15) is 13.2 Å². The third-order valence-corrected chi connectivity index (χ3v) is 4.35. The van der Waals surface area contributed by atoms with Crippen molar-refractivity contribution in [2.24, 2.45) is 13.0 Å². The van der Waals surface area contributed by atoms with Crippen molar-refractivity contribution in [2.75, 3.05) is 11.9 Å². The molecule has 0 unspecified atom stereocenters. The Kier molecular flexibility index (Phi) is 4.44. The van der Waals surface area contributed by atoms with Crippen LogP contribution < -0.4 is 5.32 Å². The van der Waals surface area contributed by atoms with Crippen LogP contribution in [0.2, 0.25) is 0 Å². The molecule has 0 aliphatic heterocycles. The summed E-state index contributed by atoms with van der Waals surface area (Å²) in [6.07, 6.45) is -2.14. The molecular weight excluding hydrogens is 323 g/mol. The van der Waals surface area contributed by atoms with Gasteiger partial charge in [0.15, 0.2) is 0 Å². The molecule has 2 aromatic rings. The number of hydrogen-bond donors (Lipinski definition) is 2. The van der Waals surface area contributed by atoms with E-state index < -0.39 is 18.0 Å². The number of aromatic nitrogens is 4. The normalized spacial score (nSPS) is 24.3. The summed E-state index contributed by atoms with van der Waals surface area (Å²) in [7, 11) is 1.85. The molecule has 0 saturated heterocycles. The van der Waals surface area contributed by atoms with Gasteiger partial charge in [0.2, 0.25) is 0 Å². The number of alkyl halides is 3. The lowest BCUT2D eigenvalue weighted by molar-refractivity contribution is -0.141. The van der Waals surface area contributed by atoms with Gasteiger partial charge in [-0.25, -0.2) is 4.98 Å². The van der Waals surface area contributed by atoms with Crippen molar-refractivity contribution in [2.45, 2.75) is 31.0 Å². The molecule has 0 spiro atoms. The Morgan fingerprint density at radius 1 is 1.33 bits per heavy atom. The number of halogens is 3. The maximum absolute atomic E-state index is 12.7.